The first-order valence-corrected chi connectivity index (χ1v) is 9.59. The lowest BCUT2D eigenvalue weighted by molar-refractivity contribution is 0.297. The van der Waals surface area contributed by atoms with E-state index in [1.807, 2.05) is 48.7 Å². The van der Waals surface area contributed by atoms with Crippen molar-refractivity contribution in [2.45, 2.75) is 31.3 Å². The molecule has 0 fully saturated rings. The van der Waals surface area contributed by atoms with Crippen LogP contribution in [0.25, 0.3) is 0 Å². The molecule has 3 heterocycles. The Bertz CT molecular complexity index is 986. The highest BCUT2D eigenvalue weighted by molar-refractivity contribution is 7.89. The minimum absolute atomic E-state index is 0.174. The van der Waals surface area contributed by atoms with Gasteiger partial charge in [-0.25, -0.2) is 8.42 Å². The molecule has 0 radical (unpaired) electrons. The van der Waals surface area contributed by atoms with E-state index >= 15 is 0 Å². The maximum absolute atomic E-state index is 13.4. The predicted octanol–water partition coefficient (Wildman–Crippen LogP) is 2.89. The van der Waals surface area contributed by atoms with Gasteiger partial charge in [-0.3, -0.25) is 0 Å². The van der Waals surface area contributed by atoms with Gasteiger partial charge in [0.15, 0.2) is 5.76 Å². The quantitative estimate of drug-likeness (QED) is 0.723. The van der Waals surface area contributed by atoms with Gasteiger partial charge in [-0.2, -0.15) is 4.31 Å². The third-order valence-corrected chi connectivity index (χ3v) is 6.75. The number of nitrogens with zero attached hydrogens (tertiary/aromatic N) is 3. The zero-order chi connectivity index (χ0) is 17.6. The number of sulfonamides is 1. The summed E-state index contributed by atoms with van der Waals surface area (Å²) in [5, 5.41) is 3.82. The summed E-state index contributed by atoms with van der Waals surface area (Å²) >= 11 is 0. The Morgan fingerprint density at radius 1 is 1.08 bits per heavy atom. The molecule has 1 aromatic carbocycles. The molecule has 1 unspecified atom stereocenters. The maximum Gasteiger partial charge on any atom is 0.249 e. The first-order chi connectivity index (χ1) is 12.0. The highest BCUT2D eigenvalue weighted by Gasteiger charge is 2.40. The molecule has 0 saturated carbocycles. The molecule has 1 aliphatic rings. The fourth-order valence-electron chi connectivity index (χ4n) is 3.55. The number of hydrogen-bond donors (Lipinski definition) is 0. The Morgan fingerprint density at radius 3 is 2.52 bits per heavy atom. The van der Waals surface area contributed by atoms with Gasteiger partial charge in [0, 0.05) is 25.0 Å². The molecule has 0 spiro atoms. The minimum Gasteiger partial charge on any atom is -0.360 e. The second-order valence-electron chi connectivity index (χ2n) is 6.21. The monoisotopic (exact) mass is 357 g/mol. The van der Waals surface area contributed by atoms with Gasteiger partial charge in [0.25, 0.3) is 0 Å². The van der Waals surface area contributed by atoms with Gasteiger partial charge in [-0.1, -0.05) is 35.5 Å². The average Bonchev–Trinajstić information content (AvgIpc) is 3.21. The van der Waals surface area contributed by atoms with Gasteiger partial charge in [-0.05, 0) is 31.5 Å². The van der Waals surface area contributed by atoms with Gasteiger partial charge in [0.1, 0.15) is 10.6 Å². The molecule has 0 saturated heterocycles. The molecule has 0 amide bonds. The summed E-state index contributed by atoms with van der Waals surface area (Å²) in [7, 11) is -3.73. The molecule has 130 valence electrons. The Kier molecular flexibility index (Phi) is 3.77. The molecule has 3 aromatic rings. The van der Waals surface area contributed by atoms with Crippen molar-refractivity contribution < 1.29 is 12.9 Å². The van der Waals surface area contributed by atoms with Crippen LogP contribution in [0.15, 0.2) is 58.1 Å². The van der Waals surface area contributed by atoms with E-state index in [1.165, 1.54) is 0 Å². The van der Waals surface area contributed by atoms with Crippen molar-refractivity contribution in [1.82, 2.24) is 14.0 Å². The second kappa shape index (κ2) is 5.86. The first kappa shape index (κ1) is 16.1. The lowest BCUT2D eigenvalue weighted by Gasteiger charge is -2.36. The topological polar surface area (TPSA) is 68.3 Å². The van der Waals surface area contributed by atoms with Crippen molar-refractivity contribution >= 4 is 10.0 Å². The molecule has 1 atom stereocenters. The van der Waals surface area contributed by atoms with Gasteiger partial charge in [-0.15, -0.1) is 0 Å². The summed E-state index contributed by atoms with van der Waals surface area (Å²) in [5.74, 6) is 0.324. The van der Waals surface area contributed by atoms with Crippen LogP contribution in [0.1, 0.15) is 28.8 Å². The highest BCUT2D eigenvalue weighted by Crippen LogP contribution is 2.37. The molecule has 0 N–H and O–H groups in total. The van der Waals surface area contributed by atoms with Crippen LogP contribution in [-0.2, 0) is 16.6 Å². The minimum atomic E-state index is -3.73. The molecule has 4 rings (SSSR count). The van der Waals surface area contributed by atoms with Crippen LogP contribution in [0.4, 0.5) is 0 Å². The van der Waals surface area contributed by atoms with E-state index in [0.717, 1.165) is 11.3 Å². The van der Waals surface area contributed by atoms with Gasteiger partial charge >= 0.3 is 0 Å². The number of aromatic nitrogens is 2. The summed E-state index contributed by atoms with van der Waals surface area (Å²) in [6, 6.07) is 13.3. The first-order valence-electron chi connectivity index (χ1n) is 8.15. The van der Waals surface area contributed by atoms with Crippen molar-refractivity contribution in [2.24, 2.45) is 0 Å². The standard InChI is InChI=1S/C18H19N3O3S/c1-13-18(14(2)24-19-13)25(22,23)21-12-11-20-10-6-9-16(20)17(21)15-7-4-3-5-8-15/h3-10,17H,11-12H2,1-2H3. The van der Waals surface area contributed by atoms with E-state index in [1.54, 1.807) is 18.2 Å². The summed E-state index contributed by atoms with van der Waals surface area (Å²) in [6.07, 6.45) is 1.99. The molecular formula is C18H19N3O3S. The van der Waals surface area contributed by atoms with Crippen LogP contribution in [-0.4, -0.2) is 29.0 Å². The van der Waals surface area contributed by atoms with E-state index < -0.39 is 10.0 Å². The van der Waals surface area contributed by atoms with E-state index in [-0.39, 0.29) is 10.9 Å². The van der Waals surface area contributed by atoms with Crippen LogP contribution in [0.3, 0.4) is 0 Å². The SMILES string of the molecule is Cc1noc(C)c1S(=O)(=O)N1CCn2cccc2C1c1ccccc1. The molecule has 7 heteroatoms. The predicted molar refractivity (Wildman–Crippen MR) is 92.6 cm³/mol. The zero-order valence-electron chi connectivity index (χ0n) is 14.1. The van der Waals surface area contributed by atoms with Crippen molar-refractivity contribution in [3.8, 4) is 0 Å². The molecule has 2 aromatic heterocycles. The third kappa shape index (κ3) is 2.51. The van der Waals surface area contributed by atoms with Crippen LogP contribution in [0.2, 0.25) is 0 Å². The van der Waals surface area contributed by atoms with Gasteiger partial charge < -0.3 is 9.09 Å². The smallest absolute Gasteiger partial charge is 0.249 e. The Balaban J connectivity index is 1.89. The molecule has 6 nitrogen and oxygen atoms in total. The zero-order valence-corrected chi connectivity index (χ0v) is 14.9. The number of benzene rings is 1. The van der Waals surface area contributed by atoms with E-state index in [2.05, 4.69) is 9.72 Å². The largest absolute Gasteiger partial charge is 0.360 e. The van der Waals surface area contributed by atoms with E-state index in [0.29, 0.717) is 24.5 Å². The number of rotatable bonds is 3. The number of fused-ring (bicyclic) bond motifs is 1. The van der Waals surface area contributed by atoms with E-state index in [9.17, 15) is 8.42 Å². The summed E-state index contributed by atoms with van der Waals surface area (Å²) in [5.41, 5.74) is 2.30. The third-order valence-electron chi connectivity index (χ3n) is 4.64. The highest BCUT2D eigenvalue weighted by atomic mass is 32.2. The van der Waals surface area contributed by atoms with Gasteiger partial charge in [0.05, 0.1) is 6.04 Å². The molecule has 1 aliphatic heterocycles. The average molecular weight is 357 g/mol. The Hall–Kier alpha value is -2.38. The lowest BCUT2D eigenvalue weighted by Crippen LogP contribution is -2.42. The molecule has 25 heavy (non-hydrogen) atoms. The summed E-state index contributed by atoms with van der Waals surface area (Å²) in [6.45, 7) is 4.31. The van der Waals surface area contributed by atoms with E-state index in [4.69, 9.17) is 4.52 Å². The number of aryl methyl sites for hydroxylation is 2. The van der Waals surface area contributed by atoms with Crippen molar-refractivity contribution in [3.63, 3.8) is 0 Å². The number of hydrogen-bond acceptors (Lipinski definition) is 4. The maximum atomic E-state index is 13.4. The summed E-state index contributed by atoms with van der Waals surface area (Å²) < 4.78 is 35.6. The lowest BCUT2D eigenvalue weighted by atomic mass is 10.0. The van der Waals surface area contributed by atoms with Crippen LogP contribution >= 0.6 is 0 Å². The fourth-order valence-corrected chi connectivity index (χ4v) is 5.43. The molecular weight excluding hydrogens is 338 g/mol. The second-order valence-corrected chi connectivity index (χ2v) is 8.04. The molecule has 0 aliphatic carbocycles. The Labute approximate surface area is 146 Å². The molecule has 0 bridgehead atoms. The van der Waals surface area contributed by atoms with Crippen molar-refractivity contribution in [3.05, 3.63) is 71.4 Å². The fraction of sp³-hybridized carbons (Fsp3) is 0.278. The van der Waals surface area contributed by atoms with Gasteiger partial charge in [0.2, 0.25) is 10.0 Å². The van der Waals surface area contributed by atoms with Crippen molar-refractivity contribution in [1.29, 1.82) is 0 Å². The van der Waals surface area contributed by atoms with Crippen LogP contribution < -0.4 is 0 Å². The van der Waals surface area contributed by atoms with Crippen LogP contribution in [0, 0.1) is 13.8 Å². The van der Waals surface area contributed by atoms with Crippen LogP contribution in [0.5, 0.6) is 0 Å². The normalized spacial score (nSPS) is 18.2. The Morgan fingerprint density at radius 2 is 1.84 bits per heavy atom. The summed E-state index contributed by atoms with van der Waals surface area (Å²) in [4.78, 5) is 0.174. The van der Waals surface area contributed by atoms with Crippen molar-refractivity contribution in [2.75, 3.05) is 6.54 Å².